The van der Waals surface area contributed by atoms with Gasteiger partial charge in [-0.2, -0.15) is 13.2 Å². The second-order valence-electron chi connectivity index (χ2n) is 4.08. The first-order valence-electron chi connectivity index (χ1n) is 4.54. The SMILES string of the molecule is COC(C)(C)CC(N)CCC(F)(F)F. The van der Waals surface area contributed by atoms with Gasteiger partial charge in [-0.05, 0) is 26.7 Å². The summed E-state index contributed by atoms with van der Waals surface area (Å²) < 4.78 is 40.6. The van der Waals surface area contributed by atoms with E-state index in [4.69, 9.17) is 10.5 Å². The Morgan fingerprint density at radius 3 is 2.14 bits per heavy atom. The van der Waals surface area contributed by atoms with E-state index >= 15 is 0 Å². The molecular weight excluding hydrogens is 195 g/mol. The summed E-state index contributed by atoms with van der Waals surface area (Å²) in [5.41, 5.74) is 5.11. The minimum absolute atomic E-state index is 0.0453. The quantitative estimate of drug-likeness (QED) is 0.761. The topological polar surface area (TPSA) is 35.2 Å². The predicted molar refractivity (Wildman–Crippen MR) is 49.0 cm³/mol. The number of hydrogen-bond acceptors (Lipinski definition) is 2. The minimum atomic E-state index is -4.12. The first-order valence-corrected chi connectivity index (χ1v) is 4.54. The molecule has 0 spiro atoms. The number of rotatable bonds is 5. The molecule has 0 aliphatic heterocycles. The molecule has 0 aromatic rings. The van der Waals surface area contributed by atoms with E-state index in [1.54, 1.807) is 13.8 Å². The molecule has 0 amide bonds. The molecule has 0 radical (unpaired) electrons. The van der Waals surface area contributed by atoms with Crippen LogP contribution in [0.5, 0.6) is 0 Å². The molecule has 0 heterocycles. The van der Waals surface area contributed by atoms with Crippen molar-refractivity contribution in [1.82, 2.24) is 0 Å². The maximum atomic E-state index is 11.8. The highest BCUT2D eigenvalue weighted by molar-refractivity contribution is 4.76. The average Bonchev–Trinajstić information content (AvgIpc) is 1.99. The van der Waals surface area contributed by atoms with Crippen molar-refractivity contribution in [1.29, 1.82) is 0 Å². The van der Waals surface area contributed by atoms with Gasteiger partial charge in [-0.25, -0.2) is 0 Å². The second-order valence-corrected chi connectivity index (χ2v) is 4.08. The molecule has 0 aromatic carbocycles. The third kappa shape index (κ3) is 7.15. The van der Waals surface area contributed by atoms with Crippen LogP contribution < -0.4 is 5.73 Å². The van der Waals surface area contributed by atoms with Gasteiger partial charge in [0.25, 0.3) is 0 Å². The number of nitrogens with two attached hydrogens (primary N) is 1. The molecule has 1 unspecified atom stereocenters. The van der Waals surface area contributed by atoms with Crippen LogP contribution in [-0.4, -0.2) is 24.9 Å². The van der Waals surface area contributed by atoms with Gasteiger partial charge in [0, 0.05) is 19.6 Å². The highest BCUT2D eigenvalue weighted by atomic mass is 19.4. The maximum Gasteiger partial charge on any atom is 0.389 e. The third-order valence-corrected chi connectivity index (χ3v) is 2.10. The summed E-state index contributed by atoms with van der Waals surface area (Å²) in [5, 5.41) is 0. The van der Waals surface area contributed by atoms with Crippen LogP contribution in [0.15, 0.2) is 0 Å². The van der Waals surface area contributed by atoms with Crippen molar-refractivity contribution < 1.29 is 17.9 Å². The smallest absolute Gasteiger partial charge is 0.379 e. The normalized spacial score (nSPS) is 15.6. The molecule has 0 saturated heterocycles. The molecule has 1 atom stereocenters. The van der Waals surface area contributed by atoms with Gasteiger partial charge in [0.2, 0.25) is 0 Å². The first kappa shape index (κ1) is 13.7. The number of halogens is 3. The lowest BCUT2D eigenvalue weighted by Crippen LogP contribution is -2.34. The summed E-state index contributed by atoms with van der Waals surface area (Å²) in [7, 11) is 1.52. The molecule has 2 N–H and O–H groups in total. The lowest BCUT2D eigenvalue weighted by molar-refractivity contribution is -0.137. The van der Waals surface area contributed by atoms with E-state index in [-0.39, 0.29) is 6.42 Å². The summed E-state index contributed by atoms with van der Waals surface area (Å²) in [6.07, 6.45) is -4.56. The van der Waals surface area contributed by atoms with Crippen molar-refractivity contribution in [2.24, 2.45) is 5.73 Å². The van der Waals surface area contributed by atoms with Crippen LogP contribution >= 0.6 is 0 Å². The van der Waals surface area contributed by atoms with Gasteiger partial charge < -0.3 is 10.5 Å². The fourth-order valence-electron chi connectivity index (χ4n) is 1.17. The van der Waals surface area contributed by atoms with Crippen molar-refractivity contribution in [3.63, 3.8) is 0 Å². The summed E-state index contributed by atoms with van der Waals surface area (Å²) in [6, 6.07) is -0.466. The Hall–Kier alpha value is -0.290. The van der Waals surface area contributed by atoms with Crippen LogP contribution in [0, 0.1) is 0 Å². The lowest BCUT2D eigenvalue weighted by atomic mass is 9.96. The van der Waals surface area contributed by atoms with E-state index in [0.29, 0.717) is 6.42 Å². The van der Waals surface area contributed by atoms with Gasteiger partial charge in [0.15, 0.2) is 0 Å². The van der Waals surface area contributed by atoms with Crippen LogP contribution in [-0.2, 0) is 4.74 Å². The molecule has 0 bridgehead atoms. The van der Waals surface area contributed by atoms with Crippen LogP contribution in [0.2, 0.25) is 0 Å². The summed E-state index contributed by atoms with van der Waals surface area (Å²) in [6.45, 7) is 3.61. The van der Waals surface area contributed by atoms with Crippen molar-refractivity contribution in [3.8, 4) is 0 Å². The standard InChI is InChI=1S/C9H18F3NO/c1-8(2,14-3)6-7(13)4-5-9(10,11)12/h7H,4-6,13H2,1-3H3. The van der Waals surface area contributed by atoms with Crippen molar-refractivity contribution >= 4 is 0 Å². The van der Waals surface area contributed by atoms with Gasteiger partial charge in [-0.3, -0.25) is 0 Å². The monoisotopic (exact) mass is 213 g/mol. The van der Waals surface area contributed by atoms with E-state index in [1.807, 2.05) is 0 Å². The number of ether oxygens (including phenoxy) is 1. The fraction of sp³-hybridized carbons (Fsp3) is 1.00. The number of hydrogen-bond donors (Lipinski definition) is 1. The Kier molecular flexibility index (Phi) is 4.88. The molecule has 2 nitrogen and oxygen atoms in total. The largest absolute Gasteiger partial charge is 0.389 e. The maximum absolute atomic E-state index is 11.8. The second kappa shape index (κ2) is 4.98. The van der Waals surface area contributed by atoms with Crippen molar-refractivity contribution in [2.45, 2.75) is 50.9 Å². The zero-order valence-electron chi connectivity index (χ0n) is 8.82. The van der Waals surface area contributed by atoms with E-state index in [2.05, 4.69) is 0 Å². The van der Waals surface area contributed by atoms with Crippen molar-refractivity contribution in [3.05, 3.63) is 0 Å². The third-order valence-electron chi connectivity index (χ3n) is 2.10. The summed E-state index contributed by atoms with van der Waals surface area (Å²) in [5.74, 6) is 0. The fourth-order valence-corrected chi connectivity index (χ4v) is 1.17. The Labute approximate surface area is 82.6 Å². The van der Waals surface area contributed by atoms with Crippen LogP contribution in [0.3, 0.4) is 0 Å². The lowest BCUT2D eigenvalue weighted by Gasteiger charge is -2.26. The predicted octanol–water partition coefficient (Wildman–Crippen LogP) is 2.47. The van der Waals surface area contributed by atoms with Gasteiger partial charge >= 0.3 is 6.18 Å². The Morgan fingerprint density at radius 2 is 1.79 bits per heavy atom. The molecule has 0 aliphatic rings. The highest BCUT2D eigenvalue weighted by Gasteiger charge is 2.29. The minimum Gasteiger partial charge on any atom is -0.379 e. The summed E-state index contributed by atoms with van der Waals surface area (Å²) >= 11 is 0. The van der Waals surface area contributed by atoms with Crippen LogP contribution in [0.1, 0.15) is 33.1 Å². The van der Waals surface area contributed by atoms with Gasteiger partial charge in [0.1, 0.15) is 0 Å². The van der Waals surface area contributed by atoms with Gasteiger partial charge in [0.05, 0.1) is 5.60 Å². The molecule has 86 valence electrons. The Balaban J connectivity index is 3.82. The highest BCUT2D eigenvalue weighted by Crippen LogP contribution is 2.24. The molecule has 0 saturated carbocycles. The summed E-state index contributed by atoms with van der Waals surface area (Å²) in [4.78, 5) is 0. The Morgan fingerprint density at radius 1 is 1.29 bits per heavy atom. The number of alkyl halides is 3. The zero-order valence-corrected chi connectivity index (χ0v) is 8.82. The van der Waals surface area contributed by atoms with Crippen molar-refractivity contribution in [2.75, 3.05) is 7.11 Å². The van der Waals surface area contributed by atoms with Gasteiger partial charge in [-0.15, -0.1) is 0 Å². The molecular formula is C9H18F3NO. The molecule has 0 aliphatic carbocycles. The molecule has 0 aromatic heterocycles. The van der Waals surface area contributed by atoms with Crippen LogP contribution in [0.25, 0.3) is 0 Å². The molecule has 5 heteroatoms. The van der Waals surface area contributed by atoms with E-state index in [0.717, 1.165) is 0 Å². The van der Waals surface area contributed by atoms with E-state index < -0.39 is 24.2 Å². The molecule has 14 heavy (non-hydrogen) atoms. The zero-order chi connectivity index (χ0) is 11.4. The van der Waals surface area contributed by atoms with Crippen LogP contribution in [0.4, 0.5) is 13.2 Å². The molecule has 0 rings (SSSR count). The molecule has 0 fully saturated rings. The van der Waals surface area contributed by atoms with E-state index in [1.165, 1.54) is 7.11 Å². The van der Waals surface area contributed by atoms with Gasteiger partial charge in [-0.1, -0.05) is 0 Å². The first-order chi connectivity index (χ1) is 6.16. The Bertz CT molecular complexity index is 168. The number of methoxy groups -OCH3 is 1. The van der Waals surface area contributed by atoms with E-state index in [9.17, 15) is 13.2 Å². The average molecular weight is 213 g/mol.